The van der Waals surface area contributed by atoms with Crippen LogP contribution in [0.2, 0.25) is 0 Å². The van der Waals surface area contributed by atoms with E-state index in [1.54, 1.807) is 0 Å². The van der Waals surface area contributed by atoms with Gasteiger partial charge in [-0.05, 0) is 38.8 Å². The van der Waals surface area contributed by atoms with Crippen molar-refractivity contribution >= 4 is 17.1 Å². The van der Waals surface area contributed by atoms with Crippen molar-refractivity contribution in [3.05, 3.63) is 47.2 Å². The monoisotopic (exact) mass is 404 g/mol. The molecule has 0 atom stereocenters. The zero-order chi connectivity index (χ0) is 21.0. The van der Waals surface area contributed by atoms with E-state index in [4.69, 9.17) is 5.10 Å². The van der Waals surface area contributed by atoms with Crippen molar-refractivity contribution in [1.29, 1.82) is 0 Å². The maximum Gasteiger partial charge on any atom is 0.177 e. The largest absolute Gasteiger partial charge is 0.356 e. The topological polar surface area (TPSA) is 76.5 Å². The summed E-state index contributed by atoms with van der Waals surface area (Å²) in [5.74, 6) is 2.43. The van der Waals surface area contributed by atoms with E-state index in [1.165, 1.54) is 0 Å². The summed E-state index contributed by atoms with van der Waals surface area (Å²) >= 11 is 0. The molecule has 4 aromatic rings. The fourth-order valence-electron chi connectivity index (χ4n) is 4.25. The van der Waals surface area contributed by atoms with Gasteiger partial charge in [-0.3, -0.25) is 0 Å². The third-order valence-corrected chi connectivity index (χ3v) is 5.90. The molecule has 5 heterocycles. The molecule has 8 nitrogen and oxygen atoms in total. The zero-order valence-corrected chi connectivity index (χ0v) is 18.3. The Labute approximate surface area is 175 Å². The third-order valence-electron chi connectivity index (χ3n) is 5.90. The highest BCUT2D eigenvalue weighted by Crippen LogP contribution is 2.30. The van der Waals surface area contributed by atoms with Gasteiger partial charge in [0.25, 0.3) is 0 Å². The van der Waals surface area contributed by atoms with Gasteiger partial charge in [-0.1, -0.05) is 20.8 Å². The Morgan fingerprint density at radius 1 is 0.867 bits per heavy atom. The predicted octanol–water partition coefficient (Wildman–Crippen LogP) is 3.47. The van der Waals surface area contributed by atoms with E-state index >= 15 is 0 Å². The second kappa shape index (κ2) is 6.75. The molecule has 30 heavy (non-hydrogen) atoms. The molecule has 0 N–H and O–H groups in total. The van der Waals surface area contributed by atoms with Crippen LogP contribution in [0.1, 0.15) is 62.4 Å². The van der Waals surface area contributed by atoms with Gasteiger partial charge in [0.05, 0.1) is 11.4 Å². The van der Waals surface area contributed by atoms with Crippen LogP contribution in [-0.2, 0) is 5.41 Å². The number of rotatable bonds is 2. The second-order valence-corrected chi connectivity index (χ2v) is 9.37. The minimum absolute atomic E-state index is 0.00837. The highest BCUT2D eigenvalue weighted by molar-refractivity contribution is 5.52. The van der Waals surface area contributed by atoms with Crippen LogP contribution >= 0.6 is 0 Å². The number of fused-ring (bicyclic) bond motifs is 2. The first-order valence-electron chi connectivity index (χ1n) is 10.6. The normalized spacial score (nSPS) is 16.1. The van der Waals surface area contributed by atoms with Crippen molar-refractivity contribution in [2.24, 2.45) is 0 Å². The molecule has 0 aromatic carbocycles. The molecular weight excluding hydrogens is 376 g/mol. The molecule has 1 aliphatic heterocycles. The molecule has 0 unspecified atom stereocenters. The lowest BCUT2D eigenvalue weighted by Crippen LogP contribution is -2.35. The summed E-state index contributed by atoms with van der Waals surface area (Å²) in [6.45, 7) is 12.5. The van der Waals surface area contributed by atoms with Crippen molar-refractivity contribution < 1.29 is 0 Å². The Bertz CT molecular complexity index is 1220. The molecule has 0 saturated carbocycles. The number of aryl methyl sites for hydroxylation is 2. The van der Waals surface area contributed by atoms with Crippen molar-refractivity contribution in [2.45, 2.75) is 58.8 Å². The summed E-state index contributed by atoms with van der Waals surface area (Å²) in [6.07, 6.45) is 2.01. The first-order valence-corrected chi connectivity index (χ1v) is 10.6. The highest BCUT2D eigenvalue weighted by Gasteiger charge is 2.27. The number of anilines is 1. The van der Waals surface area contributed by atoms with Crippen molar-refractivity contribution in [2.75, 3.05) is 18.0 Å². The van der Waals surface area contributed by atoms with Gasteiger partial charge in [0, 0.05) is 42.2 Å². The molecule has 1 saturated heterocycles. The Balaban J connectivity index is 1.42. The first-order chi connectivity index (χ1) is 14.3. The number of nitrogens with zero attached hydrogens (tertiary/aromatic N) is 8. The average Bonchev–Trinajstić information content (AvgIpc) is 3.29. The third kappa shape index (κ3) is 3.20. The Morgan fingerprint density at radius 2 is 1.63 bits per heavy atom. The molecule has 0 aliphatic carbocycles. The lowest BCUT2D eigenvalue weighted by Gasteiger charge is -2.32. The molecular formula is C22H28N8. The first kappa shape index (κ1) is 19.0. The molecule has 8 heteroatoms. The molecule has 0 radical (unpaired) electrons. The van der Waals surface area contributed by atoms with Gasteiger partial charge < -0.3 is 4.90 Å². The molecule has 0 bridgehead atoms. The quantitative estimate of drug-likeness (QED) is 0.509. The van der Waals surface area contributed by atoms with Crippen LogP contribution in [0.4, 0.5) is 5.82 Å². The number of aromatic nitrogens is 7. The maximum atomic E-state index is 4.87. The number of piperidine rings is 1. The number of hydrogen-bond donors (Lipinski definition) is 0. The fourth-order valence-corrected chi connectivity index (χ4v) is 4.25. The van der Waals surface area contributed by atoms with Crippen molar-refractivity contribution in [1.82, 2.24) is 34.4 Å². The standard InChI is InChI=1S/C22H28N8/c1-14-13-20(29-19(23-14)12-15(2)26-29)28-10-8-16(9-11-28)21-25-24-18-7-6-17(22(3,4)5)27-30(18)21/h6-7,12-13,16H,8-11H2,1-5H3. The van der Waals surface area contributed by atoms with Crippen LogP contribution in [0.15, 0.2) is 24.3 Å². The summed E-state index contributed by atoms with van der Waals surface area (Å²) in [5.41, 5.74) is 4.77. The lowest BCUT2D eigenvalue weighted by molar-refractivity contribution is 0.468. The molecule has 1 aliphatic rings. The molecule has 4 aromatic heterocycles. The summed E-state index contributed by atoms with van der Waals surface area (Å²) in [4.78, 5) is 7.02. The van der Waals surface area contributed by atoms with Crippen LogP contribution < -0.4 is 4.90 Å². The minimum Gasteiger partial charge on any atom is -0.356 e. The van der Waals surface area contributed by atoms with Crippen LogP contribution in [-0.4, -0.2) is 47.5 Å². The summed E-state index contributed by atoms with van der Waals surface area (Å²) in [5, 5.41) is 18.4. The number of hydrogen-bond acceptors (Lipinski definition) is 6. The molecule has 5 rings (SSSR count). The predicted molar refractivity (Wildman–Crippen MR) is 116 cm³/mol. The molecule has 0 spiro atoms. The van der Waals surface area contributed by atoms with E-state index in [-0.39, 0.29) is 5.41 Å². The van der Waals surface area contributed by atoms with Gasteiger partial charge in [-0.2, -0.15) is 19.2 Å². The van der Waals surface area contributed by atoms with E-state index in [0.717, 1.165) is 65.9 Å². The SMILES string of the molecule is Cc1cc(N2CCC(c3nnc4ccc(C(C)(C)C)nn34)CC2)n2nc(C)cc2n1. The fraction of sp³-hybridized carbons (Fsp3) is 0.500. The van der Waals surface area contributed by atoms with Crippen molar-refractivity contribution in [3.8, 4) is 0 Å². The lowest BCUT2D eigenvalue weighted by atomic mass is 9.92. The van der Waals surface area contributed by atoms with Crippen LogP contribution in [0, 0.1) is 13.8 Å². The smallest absolute Gasteiger partial charge is 0.177 e. The van der Waals surface area contributed by atoms with E-state index in [0.29, 0.717) is 5.92 Å². The minimum atomic E-state index is -0.00837. The van der Waals surface area contributed by atoms with Gasteiger partial charge in [0.15, 0.2) is 17.1 Å². The van der Waals surface area contributed by atoms with Gasteiger partial charge in [0.2, 0.25) is 0 Å². The van der Waals surface area contributed by atoms with Crippen LogP contribution in [0.5, 0.6) is 0 Å². The van der Waals surface area contributed by atoms with E-state index in [9.17, 15) is 0 Å². The van der Waals surface area contributed by atoms with E-state index < -0.39 is 0 Å². The van der Waals surface area contributed by atoms with Gasteiger partial charge in [0.1, 0.15) is 5.82 Å². The second-order valence-electron chi connectivity index (χ2n) is 9.37. The highest BCUT2D eigenvalue weighted by atomic mass is 15.4. The summed E-state index contributed by atoms with van der Waals surface area (Å²) in [7, 11) is 0. The Kier molecular flexibility index (Phi) is 4.27. The van der Waals surface area contributed by atoms with Crippen molar-refractivity contribution in [3.63, 3.8) is 0 Å². The Hall–Kier alpha value is -3.03. The zero-order valence-electron chi connectivity index (χ0n) is 18.3. The van der Waals surface area contributed by atoms with Crippen LogP contribution in [0.3, 0.4) is 0 Å². The molecule has 156 valence electrons. The molecule has 0 amide bonds. The van der Waals surface area contributed by atoms with E-state index in [2.05, 4.69) is 58.1 Å². The van der Waals surface area contributed by atoms with Gasteiger partial charge >= 0.3 is 0 Å². The van der Waals surface area contributed by atoms with Gasteiger partial charge in [-0.15, -0.1) is 10.2 Å². The van der Waals surface area contributed by atoms with Crippen LogP contribution in [0.25, 0.3) is 11.3 Å². The maximum absolute atomic E-state index is 4.87. The summed E-state index contributed by atoms with van der Waals surface area (Å²) < 4.78 is 3.92. The Morgan fingerprint density at radius 3 is 2.37 bits per heavy atom. The van der Waals surface area contributed by atoms with Gasteiger partial charge in [-0.25, -0.2) is 4.98 Å². The average molecular weight is 405 g/mol. The molecule has 1 fully saturated rings. The van der Waals surface area contributed by atoms with E-state index in [1.807, 2.05) is 35.0 Å². The summed E-state index contributed by atoms with van der Waals surface area (Å²) in [6, 6.07) is 8.24.